The Bertz CT molecular complexity index is 1340. The molecule has 0 spiro atoms. The monoisotopic (exact) mass is 463 g/mol. The van der Waals surface area contributed by atoms with Crippen molar-refractivity contribution < 1.29 is 13.9 Å². The number of aromatic nitrogens is 2. The zero-order valence-corrected chi connectivity index (χ0v) is 18.6. The number of nitrogens with zero attached hydrogens (tertiary/aromatic N) is 2. The number of hydrogen-bond acceptors (Lipinski definition) is 5. The van der Waals surface area contributed by atoms with Gasteiger partial charge in [0, 0.05) is 18.0 Å². The Morgan fingerprint density at radius 1 is 1.15 bits per heavy atom. The van der Waals surface area contributed by atoms with Gasteiger partial charge in [-0.05, 0) is 54.8 Å². The topological polar surface area (TPSA) is 75.3 Å². The van der Waals surface area contributed by atoms with Crippen LogP contribution in [0.5, 0.6) is 0 Å². The summed E-state index contributed by atoms with van der Waals surface area (Å²) >= 11 is 1.36. The van der Waals surface area contributed by atoms with Crippen LogP contribution in [0.2, 0.25) is 0 Å². The van der Waals surface area contributed by atoms with E-state index in [-0.39, 0.29) is 29.9 Å². The van der Waals surface area contributed by atoms with Gasteiger partial charge < -0.3 is 14.6 Å². The Labute approximate surface area is 193 Å². The van der Waals surface area contributed by atoms with E-state index in [1.807, 2.05) is 12.1 Å². The second kappa shape index (κ2) is 9.25. The third-order valence-electron chi connectivity index (χ3n) is 5.68. The molecule has 0 saturated carbocycles. The van der Waals surface area contributed by atoms with E-state index in [4.69, 9.17) is 4.74 Å². The van der Waals surface area contributed by atoms with Gasteiger partial charge in [-0.1, -0.05) is 24.3 Å². The van der Waals surface area contributed by atoms with Crippen LogP contribution in [0.1, 0.15) is 28.3 Å². The Morgan fingerprint density at radius 2 is 1.97 bits per heavy atom. The standard InChI is InChI=1S/C25H22FN3O3S/c26-17-9-7-16(8-10-17)21-11-12-22(33-21)25(31)29(14-18-4-3-13-32-18)15-23-27-20-6-2-1-5-19(20)24(30)28-23/h1-2,5-12,18H,3-4,13-15H2,(H,27,28,30). The molecule has 4 aromatic rings. The molecule has 1 fully saturated rings. The number of H-pyrrole nitrogens is 1. The number of hydrogen-bond donors (Lipinski definition) is 1. The molecule has 1 aliphatic heterocycles. The molecule has 6 nitrogen and oxygen atoms in total. The zero-order valence-electron chi connectivity index (χ0n) is 17.8. The number of carbonyl (C=O) groups is 1. The largest absolute Gasteiger partial charge is 0.376 e. The molecule has 1 saturated heterocycles. The van der Waals surface area contributed by atoms with Crippen molar-refractivity contribution in [1.29, 1.82) is 0 Å². The molecule has 2 aromatic carbocycles. The first-order valence-corrected chi connectivity index (χ1v) is 11.6. The highest BCUT2D eigenvalue weighted by molar-refractivity contribution is 7.17. The fourth-order valence-corrected chi connectivity index (χ4v) is 5.00. The van der Waals surface area contributed by atoms with Gasteiger partial charge in [0.05, 0.1) is 28.4 Å². The Balaban J connectivity index is 1.43. The molecule has 1 amide bonds. The van der Waals surface area contributed by atoms with Crippen LogP contribution in [-0.2, 0) is 11.3 Å². The second-order valence-corrected chi connectivity index (χ2v) is 9.11. The number of amides is 1. The maximum Gasteiger partial charge on any atom is 0.264 e. The average Bonchev–Trinajstić information content (AvgIpc) is 3.51. The van der Waals surface area contributed by atoms with Crippen LogP contribution in [0.25, 0.3) is 21.3 Å². The number of carbonyl (C=O) groups excluding carboxylic acids is 1. The number of halogens is 1. The molecule has 1 atom stereocenters. The second-order valence-electron chi connectivity index (χ2n) is 8.02. The highest BCUT2D eigenvalue weighted by Gasteiger charge is 2.25. The van der Waals surface area contributed by atoms with E-state index in [1.165, 1.54) is 23.5 Å². The summed E-state index contributed by atoms with van der Waals surface area (Å²) in [6.07, 6.45) is 1.81. The molecule has 1 N–H and O–H groups in total. The van der Waals surface area contributed by atoms with Crippen LogP contribution >= 0.6 is 11.3 Å². The summed E-state index contributed by atoms with van der Waals surface area (Å²) in [5.41, 5.74) is 1.22. The summed E-state index contributed by atoms with van der Waals surface area (Å²) < 4.78 is 19.0. The molecular weight excluding hydrogens is 441 g/mol. The van der Waals surface area contributed by atoms with Gasteiger partial charge in [0.1, 0.15) is 11.6 Å². The maximum absolute atomic E-state index is 13.5. The zero-order chi connectivity index (χ0) is 22.8. The highest BCUT2D eigenvalue weighted by Crippen LogP contribution is 2.29. The minimum Gasteiger partial charge on any atom is -0.376 e. The van der Waals surface area contributed by atoms with Crippen LogP contribution in [0.3, 0.4) is 0 Å². The fraction of sp³-hybridized carbons (Fsp3) is 0.240. The van der Waals surface area contributed by atoms with E-state index in [1.54, 1.807) is 41.3 Å². The maximum atomic E-state index is 13.5. The molecule has 168 valence electrons. The Kier molecular flexibility index (Phi) is 6.02. The van der Waals surface area contributed by atoms with Gasteiger partial charge in [-0.3, -0.25) is 9.59 Å². The average molecular weight is 464 g/mol. The van der Waals surface area contributed by atoms with Crippen molar-refractivity contribution >= 4 is 28.1 Å². The quantitative estimate of drug-likeness (QED) is 0.453. The van der Waals surface area contributed by atoms with Gasteiger partial charge in [0.25, 0.3) is 11.5 Å². The number of thiophene rings is 1. The van der Waals surface area contributed by atoms with E-state index in [9.17, 15) is 14.0 Å². The summed E-state index contributed by atoms with van der Waals surface area (Å²) in [5, 5.41) is 0.514. The molecule has 33 heavy (non-hydrogen) atoms. The Hall–Kier alpha value is -3.36. The van der Waals surface area contributed by atoms with Crippen molar-refractivity contribution in [3.05, 3.63) is 87.5 Å². The lowest BCUT2D eigenvalue weighted by Crippen LogP contribution is -2.37. The lowest BCUT2D eigenvalue weighted by atomic mass is 10.2. The molecule has 1 aliphatic rings. The first-order valence-electron chi connectivity index (χ1n) is 10.8. The lowest BCUT2D eigenvalue weighted by Gasteiger charge is -2.24. The fourth-order valence-electron chi connectivity index (χ4n) is 4.02. The van der Waals surface area contributed by atoms with Crippen molar-refractivity contribution in [2.75, 3.05) is 13.2 Å². The smallest absolute Gasteiger partial charge is 0.264 e. The molecule has 8 heteroatoms. The van der Waals surface area contributed by atoms with Crippen molar-refractivity contribution in [3.63, 3.8) is 0 Å². The summed E-state index contributed by atoms with van der Waals surface area (Å²) in [5.74, 6) is -0.0220. The molecule has 1 unspecified atom stereocenters. The third-order valence-corrected chi connectivity index (χ3v) is 6.81. The number of para-hydroxylation sites is 1. The van der Waals surface area contributed by atoms with Crippen molar-refractivity contribution in [2.24, 2.45) is 0 Å². The van der Waals surface area contributed by atoms with Crippen LogP contribution in [0, 0.1) is 5.82 Å². The van der Waals surface area contributed by atoms with Crippen LogP contribution in [-0.4, -0.2) is 40.0 Å². The van der Waals surface area contributed by atoms with E-state index < -0.39 is 0 Å². The highest BCUT2D eigenvalue weighted by atomic mass is 32.1. The minimum atomic E-state index is -0.300. The summed E-state index contributed by atoms with van der Waals surface area (Å²) in [6, 6.07) is 17.0. The van der Waals surface area contributed by atoms with Gasteiger partial charge in [-0.2, -0.15) is 0 Å². The van der Waals surface area contributed by atoms with E-state index in [2.05, 4.69) is 9.97 Å². The predicted octanol–water partition coefficient (Wildman–Crippen LogP) is 4.61. The number of ether oxygens (including phenoxy) is 1. The number of fused-ring (bicyclic) bond motifs is 1. The number of rotatable bonds is 6. The number of aromatic amines is 1. The van der Waals surface area contributed by atoms with Crippen LogP contribution in [0.4, 0.5) is 4.39 Å². The number of benzene rings is 2. The predicted molar refractivity (Wildman–Crippen MR) is 126 cm³/mol. The summed E-state index contributed by atoms with van der Waals surface area (Å²) in [7, 11) is 0. The van der Waals surface area contributed by atoms with E-state index in [0.717, 1.165) is 23.3 Å². The molecule has 0 aliphatic carbocycles. The Morgan fingerprint density at radius 3 is 2.76 bits per heavy atom. The molecular formula is C25H22FN3O3S. The van der Waals surface area contributed by atoms with Crippen molar-refractivity contribution in [1.82, 2.24) is 14.9 Å². The SMILES string of the molecule is O=C(c1ccc(-c2ccc(F)cc2)s1)N(Cc1nc2ccccc2c(=O)[nH]1)CC1CCCO1. The van der Waals surface area contributed by atoms with Crippen molar-refractivity contribution in [3.8, 4) is 10.4 Å². The van der Waals surface area contributed by atoms with Gasteiger partial charge in [0.2, 0.25) is 0 Å². The van der Waals surface area contributed by atoms with Crippen molar-refractivity contribution in [2.45, 2.75) is 25.5 Å². The molecule has 3 heterocycles. The van der Waals surface area contributed by atoms with E-state index in [0.29, 0.717) is 34.8 Å². The van der Waals surface area contributed by atoms with Gasteiger partial charge in [-0.25, -0.2) is 9.37 Å². The lowest BCUT2D eigenvalue weighted by molar-refractivity contribution is 0.0505. The summed E-state index contributed by atoms with van der Waals surface area (Å²) in [4.78, 5) is 36.5. The third kappa shape index (κ3) is 4.72. The first kappa shape index (κ1) is 21.5. The van der Waals surface area contributed by atoms with Crippen LogP contribution in [0.15, 0.2) is 65.5 Å². The molecule has 0 bridgehead atoms. The molecule has 2 aromatic heterocycles. The summed E-state index contributed by atoms with van der Waals surface area (Å²) in [6.45, 7) is 1.27. The first-order chi connectivity index (χ1) is 16.1. The molecule has 5 rings (SSSR count). The van der Waals surface area contributed by atoms with Gasteiger partial charge >= 0.3 is 0 Å². The normalized spacial score (nSPS) is 15.7. The number of nitrogens with one attached hydrogen (secondary N) is 1. The van der Waals surface area contributed by atoms with Crippen LogP contribution < -0.4 is 5.56 Å². The minimum absolute atomic E-state index is 0.0438. The van der Waals surface area contributed by atoms with Gasteiger partial charge in [0.15, 0.2) is 0 Å². The van der Waals surface area contributed by atoms with Gasteiger partial charge in [-0.15, -0.1) is 11.3 Å². The molecule has 0 radical (unpaired) electrons. The van der Waals surface area contributed by atoms with E-state index >= 15 is 0 Å².